The van der Waals surface area contributed by atoms with Gasteiger partial charge in [-0.2, -0.15) is 0 Å². The minimum absolute atomic E-state index is 0.00362. The number of fused-ring (bicyclic) bond motifs is 1. The van der Waals surface area contributed by atoms with Crippen LogP contribution < -0.4 is 0 Å². The molecule has 3 rings (SSSR count). The highest BCUT2D eigenvalue weighted by Crippen LogP contribution is 2.27. The number of nitrogens with zero attached hydrogens (tertiary/aromatic N) is 4. The fourth-order valence-electron chi connectivity index (χ4n) is 2.67. The van der Waals surface area contributed by atoms with Crippen LogP contribution in [0.2, 0.25) is 0 Å². The zero-order valence-electron chi connectivity index (χ0n) is 12.7. The Morgan fingerprint density at radius 3 is 2.82 bits per heavy atom. The zero-order valence-corrected chi connectivity index (χ0v) is 14.3. The van der Waals surface area contributed by atoms with Crippen molar-refractivity contribution >= 4 is 21.2 Å². The second-order valence-corrected chi connectivity index (χ2v) is 8.87. The Kier molecular flexibility index (Phi) is 4.58. The predicted molar refractivity (Wildman–Crippen MR) is 85.4 cm³/mol. The molecule has 8 heteroatoms. The molecule has 2 aromatic rings. The molecule has 1 aliphatic carbocycles. The van der Waals surface area contributed by atoms with Gasteiger partial charge in [-0.15, -0.1) is 16.4 Å². The summed E-state index contributed by atoms with van der Waals surface area (Å²) in [6.45, 7) is 2.63. The van der Waals surface area contributed by atoms with Crippen molar-refractivity contribution in [3.63, 3.8) is 0 Å². The summed E-state index contributed by atoms with van der Waals surface area (Å²) in [6.07, 6.45) is 7.29. The van der Waals surface area contributed by atoms with Gasteiger partial charge in [0.25, 0.3) is 0 Å². The van der Waals surface area contributed by atoms with Crippen molar-refractivity contribution in [3.8, 4) is 0 Å². The minimum atomic E-state index is -3.26. The summed E-state index contributed by atoms with van der Waals surface area (Å²) in [5.74, 6) is -0.0686. The van der Waals surface area contributed by atoms with Gasteiger partial charge in [0.15, 0.2) is 9.84 Å². The van der Waals surface area contributed by atoms with Gasteiger partial charge in [-0.05, 0) is 32.6 Å². The van der Waals surface area contributed by atoms with E-state index in [1.807, 2.05) is 6.92 Å². The molecule has 0 radical (unpaired) electrons. The van der Waals surface area contributed by atoms with E-state index in [4.69, 9.17) is 0 Å². The fraction of sp³-hybridized carbons (Fsp3) is 0.643. The van der Waals surface area contributed by atoms with Crippen LogP contribution in [0, 0.1) is 0 Å². The molecule has 0 spiro atoms. The largest absolute Gasteiger partial charge is 0.253 e. The third kappa shape index (κ3) is 3.73. The molecule has 0 fully saturated rings. The van der Waals surface area contributed by atoms with E-state index in [9.17, 15) is 8.42 Å². The van der Waals surface area contributed by atoms with Gasteiger partial charge in [-0.1, -0.05) is 11.6 Å². The lowest BCUT2D eigenvalue weighted by atomic mass is 10.2. The van der Waals surface area contributed by atoms with Gasteiger partial charge in [0.2, 0.25) is 0 Å². The van der Waals surface area contributed by atoms with E-state index in [-0.39, 0.29) is 11.5 Å². The van der Waals surface area contributed by atoms with E-state index >= 15 is 0 Å². The molecule has 0 N–H and O–H groups in total. The molecule has 0 aromatic carbocycles. The molecule has 0 saturated heterocycles. The van der Waals surface area contributed by atoms with Crippen molar-refractivity contribution in [2.24, 2.45) is 0 Å². The monoisotopic (exact) mass is 340 g/mol. The van der Waals surface area contributed by atoms with E-state index in [2.05, 4.69) is 15.3 Å². The fourth-order valence-corrected chi connectivity index (χ4v) is 5.52. The van der Waals surface area contributed by atoms with Crippen LogP contribution in [0.4, 0.5) is 0 Å². The normalized spacial score (nSPS) is 15.5. The molecule has 0 unspecified atom stereocenters. The van der Waals surface area contributed by atoms with Crippen molar-refractivity contribution in [2.45, 2.75) is 57.1 Å². The van der Waals surface area contributed by atoms with Crippen molar-refractivity contribution in [1.29, 1.82) is 0 Å². The molecular formula is C14H20N4O2S2. The molecule has 0 saturated carbocycles. The van der Waals surface area contributed by atoms with Crippen LogP contribution in [0.15, 0.2) is 6.20 Å². The van der Waals surface area contributed by atoms with Gasteiger partial charge >= 0.3 is 0 Å². The Morgan fingerprint density at radius 1 is 1.23 bits per heavy atom. The van der Waals surface area contributed by atoms with Gasteiger partial charge < -0.3 is 0 Å². The van der Waals surface area contributed by atoms with Crippen molar-refractivity contribution in [1.82, 2.24) is 20.0 Å². The summed E-state index contributed by atoms with van der Waals surface area (Å²) >= 11 is 1.56. The minimum Gasteiger partial charge on any atom is -0.253 e. The number of sulfone groups is 1. The van der Waals surface area contributed by atoms with Gasteiger partial charge in [0, 0.05) is 17.6 Å². The lowest BCUT2D eigenvalue weighted by molar-refractivity contribution is 0.593. The Balaban J connectivity index is 1.71. The molecule has 2 heterocycles. The number of thiazole rings is 1. The van der Waals surface area contributed by atoms with E-state index in [0.29, 0.717) is 12.2 Å². The van der Waals surface area contributed by atoms with Crippen LogP contribution in [0.5, 0.6) is 0 Å². The van der Waals surface area contributed by atoms with E-state index in [0.717, 1.165) is 30.0 Å². The van der Waals surface area contributed by atoms with E-state index in [1.54, 1.807) is 22.2 Å². The summed E-state index contributed by atoms with van der Waals surface area (Å²) < 4.78 is 26.3. The molecule has 22 heavy (non-hydrogen) atoms. The second-order valence-electron chi connectivity index (χ2n) is 5.64. The molecular weight excluding hydrogens is 320 g/mol. The number of hydrogen-bond donors (Lipinski definition) is 0. The summed E-state index contributed by atoms with van der Waals surface area (Å²) in [5, 5.41) is 8.50. The Morgan fingerprint density at radius 2 is 2.05 bits per heavy atom. The Bertz CT molecular complexity index is 725. The molecule has 0 aliphatic heterocycles. The highest BCUT2D eigenvalue weighted by molar-refractivity contribution is 7.89. The molecule has 2 aromatic heterocycles. The number of hydrogen-bond acceptors (Lipinski definition) is 6. The first-order valence-corrected chi connectivity index (χ1v) is 10.3. The van der Waals surface area contributed by atoms with Crippen LogP contribution in [0.25, 0.3) is 0 Å². The molecule has 120 valence electrons. The molecule has 0 atom stereocenters. The Hall–Kier alpha value is -1.28. The first-order chi connectivity index (χ1) is 10.6. The first-order valence-electron chi connectivity index (χ1n) is 7.62. The third-order valence-corrected chi connectivity index (χ3v) is 6.55. The molecule has 0 amide bonds. The maximum Gasteiger partial charge on any atom is 0.162 e. The summed E-state index contributed by atoms with van der Waals surface area (Å²) in [6, 6.07) is 0. The first kappa shape index (κ1) is 15.6. The van der Waals surface area contributed by atoms with E-state index < -0.39 is 9.84 Å². The van der Waals surface area contributed by atoms with Crippen LogP contribution in [0.3, 0.4) is 0 Å². The average Bonchev–Trinajstić information content (AvgIpc) is 2.99. The predicted octanol–water partition coefficient (Wildman–Crippen LogP) is 2.14. The SMILES string of the molecule is CCn1cc(CS(=O)(=O)Cc2nc3c(s2)CCCCC3)nn1. The Labute approximate surface area is 134 Å². The van der Waals surface area contributed by atoms with Crippen molar-refractivity contribution in [3.05, 3.63) is 27.5 Å². The number of aromatic nitrogens is 4. The van der Waals surface area contributed by atoms with Gasteiger partial charge in [0.1, 0.15) is 10.8 Å². The molecule has 6 nitrogen and oxygen atoms in total. The van der Waals surface area contributed by atoms with Crippen LogP contribution >= 0.6 is 11.3 Å². The smallest absolute Gasteiger partial charge is 0.162 e. The van der Waals surface area contributed by atoms with Crippen LogP contribution in [-0.2, 0) is 40.7 Å². The number of aryl methyl sites for hydroxylation is 3. The number of rotatable bonds is 5. The lowest BCUT2D eigenvalue weighted by Crippen LogP contribution is -2.08. The summed E-state index contributed by atoms with van der Waals surface area (Å²) in [5.41, 5.74) is 1.62. The topological polar surface area (TPSA) is 77.7 Å². The van der Waals surface area contributed by atoms with Gasteiger partial charge in [-0.3, -0.25) is 4.68 Å². The van der Waals surface area contributed by atoms with E-state index in [1.165, 1.54) is 17.7 Å². The average molecular weight is 340 g/mol. The zero-order chi connectivity index (χ0) is 15.6. The lowest BCUT2D eigenvalue weighted by Gasteiger charge is -1.99. The maximum absolute atomic E-state index is 12.3. The second kappa shape index (κ2) is 6.45. The van der Waals surface area contributed by atoms with Crippen LogP contribution in [0.1, 0.15) is 47.5 Å². The quantitative estimate of drug-likeness (QED) is 0.779. The molecule has 1 aliphatic rings. The highest BCUT2D eigenvalue weighted by Gasteiger charge is 2.20. The van der Waals surface area contributed by atoms with Crippen molar-refractivity contribution in [2.75, 3.05) is 0 Å². The van der Waals surface area contributed by atoms with Gasteiger partial charge in [0.05, 0.1) is 17.1 Å². The third-order valence-electron chi connectivity index (χ3n) is 3.76. The maximum atomic E-state index is 12.3. The standard InChI is InChI=1S/C14H20N4O2S2/c1-2-18-8-11(16-17-18)9-22(19,20)10-14-15-12-6-4-3-5-7-13(12)21-14/h8H,2-7,9-10H2,1H3. The van der Waals surface area contributed by atoms with Crippen molar-refractivity contribution < 1.29 is 8.42 Å². The summed E-state index contributed by atoms with van der Waals surface area (Å²) in [7, 11) is -3.26. The van der Waals surface area contributed by atoms with Gasteiger partial charge in [-0.25, -0.2) is 13.4 Å². The highest BCUT2D eigenvalue weighted by atomic mass is 32.2. The molecule has 0 bridgehead atoms. The van der Waals surface area contributed by atoms with Crippen LogP contribution in [-0.4, -0.2) is 28.4 Å². The summed E-state index contributed by atoms with van der Waals surface area (Å²) in [4.78, 5) is 5.83.